The monoisotopic (exact) mass is 302 g/mol. The number of fused-ring (bicyclic) bond motifs is 4. The fourth-order valence-corrected chi connectivity index (χ4v) is 2.99. The first kappa shape index (κ1) is 13.9. The van der Waals surface area contributed by atoms with E-state index in [1.807, 2.05) is 24.3 Å². The SMILES string of the molecule is C1=Cc2c(ccc3ccccc23)ON1.c1ccc2c(c1)CNC2. The molecular formula is C20H18N2O. The normalized spacial score (nSPS) is 14.1. The van der Waals surface area contributed by atoms with Crippen LogP contribution in [0, 0.1) is 0 Å². The Labute approximate surface area is 135 Å². The minimum Gasteiger partial charge on any atom is -0.382 e. The van der Waals surface area contributed by atoms with Crippen LogP contribution in [0.25, 0.3) is 16.8 Å². The predicted octanol–water partition coefficient (Wildman–Crippen LogP) is 4.00. The van der Waals surface area contributed by atoms with Gasteiger partial charge in [0.05, 0.1) is 0 Å². The summed E-state index contributed by atoms with van der Waals surface area (Å²) in [6.07, 6.45) is 3.83. The van der Waals surface area contributed by atoms with E-state index < -0.39 is 0 Å². The topological polar surface area (TPSA) is 33.3 Å². The molecule has 2 aliphatic rings. The van der Waals surface area contributed by atoms with Crippen molar-refractivity contribution < 1.29 is 4.84 Å². The Bertz CT molecular complexity index is 847. The molecule has 3 aromatic rings. The molecule has 114 valence electrons. The van der Waals surface area contributed by atoms with E-state index in [0.29, 0.717) is 0 Å². The van der Waals surface area contributed by atoms with Crippen molar-refractivity contribution in [2.75, 3.05) is 0 Å². The van der Waals surface area contributed by atoms with E-state index in [1.165, 1.54) is 21.9 Å². The van der Waals surface area contributed by atoms with E-state index in [4.69, 9.17) is 4.84 Å². The van der Waals surface area contributed by atoms with Crippen LogP contribution >= 0.6 is 0 Å². The van der Waals surface area contributed by atoms with Gasteiger partial charge in [0.15, 0.2) is 5.75 Å². The Morgan fingerprint density at radius 3 is 2.35 bits per heavy atom. The highest BCUT2D eigenvalue weighted by Gasteiger charge is 2.08. The summed E-state index contributed by atoms with van der Waals surface area (Å²) in [4.78, 5) is 5.29. The van der Waals surface area contributed by atoms with Crippen molar-refractivity contribution in [3.05, 3.63) is 83.6 Å². The van der Waals surface area contributed by atoms with E-state index >= 15 is 0 Å². The third kappa shape index (κ3) is 2.79. The van der Waals surface area contributed by atoms with Crippen molar-refractivity contribution >= 4 is 16.8 Å². The molecule has 0 amide bonds. The molecular weight excluding hydrogens is 284 g/mol. The first-order valence-corrected chi connectivity index (χ1v) is 7.80. The molecule has 0 aromatic heterocycles. The molecule has 0 atom stereocenters. The third-order valence-corrected chi connectivity index (χ3v) is 4.17. The van der Waals surface area contributed by atoms with Gasteiger partial charge in [-0.25, -0.2) is 5.48 Å². The second kappa shape index (κ2) is 6.15. The summed E-state index contributed by atoms with van der Waals surface area (Å²) < 4.78 is 0. The molecule has 3 heteroatoms. The van der Waals surface area contributed by atoms with Crippen LogP contribution in [0.5, 0.6) is 5.75 Å². The molecule has 2 aliphatic heterocycles. The highest BCUT2D eigenvalue weighted by atomic mass is 16.6. The van der Waals surface area contributed by atoms with Gasteiger partial charge in [-0.15, -0.1) is 0 Å². The van der Waals surface area contributed by atoms with Crippen molar-refractivity contribution in [2.24, 2.45) is 0 Å². The van der Waals surface area contributed by atoms with Gasteiger partial charge in [-0.2, -0.15) is 0 Å². The van der Waals surface area contributed by atoms with E-state index in [0.717, 1.165) is 24.4 Å². The zero-order valence-electron chi connectivity index (χ0n) is 12.8. The summed E-state index contributed by atoms with van der Waals surface area (Å²) in [5, 5.41) is 5.75. The lowest BCUT2D eigenvalue weighted by molar-refractivity contribution is 0.239. The summed E-state index contributed by atoms with van der Waals surface area (Å²) in [5.41, 5.74) is 6.78. The van der Waals surface area contributed by atoms with Crippen LogP contribution < -0.4 is 15.6 Å². The minimum absolute atomic E-state index is 0.881. The highest BCUT2D eigenvalue weighted by molar-refractivity contribution is 5.93. The minimum atomic E-state index is 0.881. The van der Waals surface area contributed by atoms with Gasteiger partial charge in [-0.05, 0) is 34.0 Å². The van der Waals surface area contributed by atoms with E-state index in [1.54, 1.807) is 6.20 Å². The van der Waals surface area contributed by atoms with Crippen LogP contribution in [-0.4, -0.2) is 0 Å². The average Bonchev–Trinajstić information content (AvgIpc) is 3.11. The van der Waals surface area contributed by atoms with Crippen molar-refractivity contribution in [2.45, 2.75) is 13.1 Å². The second-order valence-corrected chi connectivity index (χ2v) is 5.62. The molecule has 0 saturated heterocycles. The molecule has 0 unspecified atom stereocenters. The van der Waals surface area contributed by atoms with Crippen molar-refractivity contribution in [1.82, 2.24) is 10.8 Å². The molecule has 3 nitrogen and oxygen atoms in total. The molecule has 0 saturated carbocycles. The first-order valence-electron chi connectivity index (χ1n) is 7.80. The molecule has 3 aromatic carbocycles. The summed E-state index contributed by atoms with van der Waals surface area (Å²) >= 11 is 0. The molecule has 0 fully saturated rings. The van der Waals surface area contributed by atoms with Gasteiger partial charge >= 0.3 is 0 Å². The smallest absolute Gasteiger partial charge is 0.162 e. The Morgan fingerprint density at radius 1 is 0.783 bits per heavy atom. The Balaban J connectivity index is 0.000000130. The summed E-state index contributed by atoms with van der Waals surface area (Å²) in [6.45, 7) is 2.10. The maximum Gasteiger partial charge on any atom is 0.162 e. The summed E-state index contributed by atoms with van der Waals surface area (Å²) in [7, 11) is 0. The zero-order chi connectivity index (χ0) is 15.5. The predicted molar refractivity (Wildman–Crippen MR) is 93.7 cm³/mol. The largest absolute Gasteiger partial charge is 0.382 e. The van der Waals surface area contributed by atoms with Gasteiger partial charge in [-0.3, -0.25) is 0 Å². The lowest BCUT2D eigenvalue weighted by Gasteiger charge is -2.14. The fourth-order valence-electron chi connectivity index (χ4n) is 2.99. The van der Waals surface area contributed by atoms with Gasteiger partial charge in [0, 0.05) is 24.9 Å². The number of benzene rings is 3. The molecule has 0 spiro atoms. The lowest BCUT2D eigenvalue weighted by Crippen LogP contribution is -2.14. The zero-order valence-corrected chi connectivity index (χ0v) is 12.8. The molecule has 2 heterocycles. The number of nitrogens with one attached hydrogen (secondary N) is 2. The molecule has 0 bridgehead atoms. The maximum absolute atomic E-state index is 5.29. The molecule has 0 radical (unpaired) electrons. The molecule has 23 heavy (non-hydrogen) atoms. The standard InChI is InChI=1S/C12H9NO.C8H9N/c1-2-4-10-9(3-1)5-6-12-11(10)7-8-13-14-12;1-2-4-8-6-9-5-7(8)3-1/h1-8,13H;1-4,9H,5-6H2. The molecule has 2 N–H and O–H groups in total. The number of hydrogen-bond acceptors (Lipinski definition) is 3. The van der Waals surface area contributed by atoms with Crippen molar-refractivity contribution in [3.63, 3.8) is 0 Å². The maximum atomic E-state index is 5.29. The van der Waals surface area contributed by atoms with Crippen molar-refractivity contribution in [1.29, 1.82) is 0 Å². The first-order chi connectivity index (χ1) is 11.4. The van der Waals surface area contributed by atoms with E-state index in [9.17, 15) is 0 Å². The van der Waals surface area contributed by atoms with Crippen molar-refractivity contribution in [3.8, 4) is 5.75 Å². The highest BCUT2D eigenvalue weighted by Crippen LogP contribution is 2.30. The van der Waals surface area contributed by atoms with E-state index in [-0.39, 0.29) is 0 Å². The van der Waals surface area contributed by atoms with Crippen LogP contribution in [-0.2, 0) is 13.1 Å². The number of hydroxylamine groups is 1. The molecule has 5 rings (SSSR count). The number of hydrogen-bond donors (Lipinski definition) is 2. The van der Waals surface area contributed by atoms with Crippen LogP contribution in [0.3, 0.4) is 0 Å². The fraction of sp³-hybridized carbons (Fsp3) is 0.100. The van der Waals surface area contributed by atoms with Crippen LogP contribution in [0.15, 0.2) is 66.9 Å². The van der Waals surface area contributed by atoms with Gasteiger partial charge in [0.2, 0.25) is 0 Å². The quantitative estimate of drug-likeness (QED) is 0.658. The molecule has 0 aliphatic carbocycles. The van der Waals surface area contributed by atoms with Gasteiger partial charge in [0.25, 0.3) is 0 Å². The van der Waals surface area contributed by atoms with E-state index in [2.05, 4.69) is 53.3 Å². The lowest BCUT2D eigenvalue weighted by atomic mass is 10.0. The third-order valence-electron chi connectivity index (χ3n) is 4.17. The Morgan fingerprint density at radius 2 is 1.52 bits per heavy atom. The summed E-state index contributed by atoms with van der Waals surface area (Å²) in [6, 6.07) is 20.9. The average molecular weight is 302 g/mol. The van der Waals surface area contributed by atoms with Gasteiger partial charge in [0.1, 0.15) is 0 Å². The second-order valence-electron chi connectivity index (χ2n) is 5.62. The van der Waals surface area contributed by atoms with Crippen LogP contribution in [0.4, 0.5) is 0 Å². The van der Waals surface area contributed by atoms with Crippen LogP contribution in [0.2, 0.25) is 0 Å². The Hall–Kier alpha value is -2.78. The number of rotatable bonds is 0. The Kier molecular flexibility index (Phi) is 3.70. The van der Waals surface area contributed by atoms with Crippen LogP contribution in [0.1, 0.15) is 16.7 Å². The van der Waals surface area contributed by atoms with Gasteiger partial charge in [-0.1, -0.05) is 54.6 Å². The van der Waals surface area contributed by atoms with Gasteiger partial charge < -0.3 is 10.2 Å². The summed E-state index contributed by atoms with van der Waals surface area (Å²) in [5.74, 6) is 0.881.